The molecule has 1 fully saturated rings. The Hall–Kier alpha value is -0.840. The number of nitriles is 1. The number of Topliss-reactive ketones (excluding diaryl/α,β-unsaturated/α-hetero) is 1. The standard InChI is InChI=1S/C11H17NO/c1-9(8-12)11(13)7-6-10-4-2-3-5-10/h9-10H,2-7H2,1H3. The highest BCUT2D eigenvalue weighted by atomic mass is 16.1. The van der Waals surface area contributed by atoms with Gasteiger partial charge in [-0.2, -0.15) is 5.26 Å². The molecule has 0 saturated heterocycles. The maximum atomic E-state index is 11.3. The van der Waals surface area contributed by atoms with Crippen molar-refractivity contribution < 1.29 is 4.79 Å². The Morgan fingerprint density at radius 1 is 1.54 bits per heavy atom. The van der Waals surface area contributed by atoms with Crippen LogP contribution in [0.1, 0.15) is 45.4 Å². The van der Waals surface area contributed by atoms with E-state index in [0.29, 0.717) is 6.42 Å². The first-order valence-corrected chi connectivity index (χ1v) is 5.16. The molecule has 72 valence electrons. The molecular weight excluding hydrogens is 162 g/mol. The molecule has 13 heavy (non-hydrogen) atoms. The maximum absolute atomic E-state index is 11.3. The molecule has 2 nitrogen and oxygen atoms in total. The van der Waals surface area contributed by atoms with Gasteiger partial charge in [0.1, 0.15) is 11.7 Å². The third kappa shape index (κ3) is 3.18. The summed E-state index contributed by atoms with van der Waals surface area (Å²) in [5.74, 6) is 0.477. The van der Waals surface area contributed by atoms with E-state index in [9.17, 15) is 4.79 Å². The van der Waals surface area contributed by atoms with Gasteiger partial charge in [0.25, 0.3) is 0 Å². The van der Waals surface area contributed by atoms with Crippen LogP contribution in [0.5, 0.6) is 0 Å². The predicted molar refractivity (Wildman–Crippen MR) is 51.0 cm³/mol. The van der Waals surface area contributed by atoms with Gasteiger partial charge in [-0.15, -0.1) is 0 Å². The van der Waals surface area contributed by atoms with E-state index in [2.05, 4.69) is 0 Å². The van der Waals surface area contributed by atoms with Crippen LogP contribution in [-0.2, 0) is 4.79 Å². The van der Waals surface area contributed by atoms with Crippen molar-refractivity contribution >= 4 is 5.78 Å². The fourth-order valence-corrected chi connectivity index (χ4v) is 1.93. The molecule has 0 aromatic carbocycles. The molecule has 0 N–H and O–H groups in total. The molecule has 0 aromatic heterocycles. The second kappa shape index (κ2) is 5.01. The van der Waals surface area contributed by atoms with E-state index >= 15 is 0 Å². The van der Waals surface area contributed by atoms with Crippen molar-refractivity contribution in [1.82, 2.24) is 0 Å². The van der Waals surface area contributed by atoms with Crippen molar-refractivity contribution in [2.75, 3.05) is 0 Å². The molecular formula is C11H17NO. The van der Waals surface area contributed by atoms with Gasteiger partial charge in [-0.3, -0.25) is 4.79 Å². The van der Waals surface area contributed by atoms with Crippen molar-refractivity contribution in [1.29, 1.82) is 5.26 Å². The smallest absolute Gasteiger partial charge is 0.149 e. The maximum Gasteiger partial charge on any atom is 0.149 e. The Morgan fingerprint density at radius 3 is 2.69 bits per heavy atom. The largest absolute Gasteiger partial charge is 0.298 e. The third-order valence-electron chi connectivity index (χ3n) is 2.95. The average molecular weight is 179 g/mol. The lowest BCUT2D eigenvalue weighted by Gasteiger charge is -2.07. The summed E-state index contributed by atoms with van der Waals surface area (Å²) in [5, 5.41) is 8.53. The second-order valence-corrected chi connectivity index (χ2v) is 4.01. The fourth-order valence-electron chi connectivity index (χ4n) is 1.93. The highest BCUT2D eigenvalue weighted by molar-refractivity contribution is 5.82. The molecule has 1 aliphatic carbocycles. The van der Waals surface area contributed by atoms with Crippen molar-refractivity contribution in [2.45, 2.75) is 45.4 Å². The van der Waals surface area contributed by atoms with E-state index in [4.69, 9.17) is 5.26 Å². The van der Waals surface area contributed by atoms with E-state index in [0.717, 1.165) is 12.3 Å². The molecule has 1 saturated carbocycles. The summed E-state index contributed by atoms with van der Waals surface area (Å²) in [4.78, 5) is 11.3. The van der Waals surface area contributed by atoms with Crippen molar-refractivity contribution in [3.8, 4) is 6.07 Å². The molecule has 1 aliphatic rings. The van der Waals surface area contributed by atoms with Crippen molar-refractivity contribution in [3.63, 3.8) is 0 Å². The SMILES string of the molecule is CC(C#N)C(=O)CCC1CCCC1. The van der Waals surface area contributed by atoms with Gasteiger partial charge in [-0.1, -0.05) is 25.7 Å². The fraction of sp³-hybridized carbons (Fsp3) is 0.818. The zero-order valence-electron chi connectivity index (χ0n) is 8.25. The molecule has 2 heteroatoms. The first-order chi connectivity index (χ1) is 6.24. The third-order valence-corrected chi connectivity index (χ3v) is 2.95. The van der Waals surface area contributed by atoms with E-state index in [1.54, 1.807) is 6.92 Å². The topological polar surface area (TPSA) is 40.9 Å². The van der Waals surface area contributed by atoms with Gasteiger partial charge in [0, 0.05) is 6.42 Å². The zero-order valence-corrected chi connectivity index (χ0v) is 8.25. The van der Waals surface area contributed by atoms with Crippen LogP contribution >= 0.6 is 0 Å². The Morgan fingerprint density at radius 2 is 2.15 bits per heavy atom. The molecule has 0 aliphatic heterocycles. The van der Waals surface area contributed by atoms with Crippen LogP contribution in [0.3, 0.4) is 0 Å². The molecule has 0 aromatic rings. The second-order valence-electron chi connectivity index (χ2n) is 4.01. The zero-order chi connectivity index (χ0) is 9.68. The Balaban J connectivity index is 2.18. The monoisotopic (exact) mass is 179 g/mol. The summed E-state index contributed by atoms with van der Waals surface area (Å²) in [6.45, 7) is 1.69. The highest BCUT2D eigenvalue weighted by Crippen LogP contribution is 2.28. The normalized spacial score (nSPS) is 19.7. The van der Waals surface area contributed by atoms with Crippen LogP contribution in [0.25, 0.3) is 0 Å². The first kappa shape index (κ1) is 10.2. The van der Waals surface area contributed by atoms with E-state index < -0.39 is 5.92 Å². The van der Waals surface area contributed by atoms with E-state index in [1.165, 1.54) is 25.7 Å². The lowest BCUT2D eigenvalue weighted by atomic mass is 9.96. The van der Waals surface area contributed by atoms with Crippen LogP contribution in [-0.4, -0.2) is 5.78 Å². The van der Waals surface area contributed by atoms with E-state index in [1.807, 2.05) is 6.07 Å². The van der Waals surface area contributed by atoms with Gasteiger partial charge in [-0.05, 0) is 19.3 Å². The average Bonchev–Trinajstić information content (AvgIpc) is 2.65. The minimum atomic E-state index is -0.401. The summed E-state index contributed by atoms with van der Waals surface area (Å²) in [6.07, 6.45) is 6.84. The minimum absolute atomic E-state index is 0.120. The molecule has 0 spiro atoms. The molecule has 0 amide bonds. The van der Waals surface area contributed by atoms with Crippen LogP contribution in [0, 0.1) is 23.2 Å². The molecule has 1 unspecified atom stereocenters. The lowest BCUT2D eigenvalue weighted by Crippen LogP contribution is -2.10. The predicted octanol–water partition coefficient (Wildman–Crippen LogP) is 2.69. The summed E-state index contributed by atoms with van der Waals surface area (Å²) in [6, 6.07) is 1.99. The lowest BCUT2D eigenvalue weighted by molar-refractivity contribution is -0.121. The summed E-state index contributed by atoms with van der Waals surface area (Å²) in [5.41, 5.74) is 0. The van der Waals surface area contributed by atoms with Crippen LogP contribution in [0.2, 0.25) is 0 Å². The summed E-state index contributed by atoms with van der Waals surface area (Å²) >= 11 is 0. The van der Waals surface area contributed by atoms with Gasteiger partial charge in [0.05, 0.1) is 6.07 Å². The van der Waals surface area contributed by atoms with E-state index in [-0.39, 0.29) is 5.78 Å². The van der Waals surface area contributed by atoms with Gasteiger partial charge >= 0.3 is 0 Å². The van der Waals surface area contributed by atoms with Crippen LogP contribution in [0.4, 0.5) is 0 Å². The number of carbonyl (C=O) groups excluding carboxylic acids is 1. The molecule has 1 rings (SSSR count). The number of ketones is 1. The molecule has 0 radical (unpaired) electrons. The first-order valence-electron chi connectivity index (χ1n) is 5.16. The van der Waals surface area contributed by atoms with Crippen molar-refractivity contribution in [3.05, 3.63) is 0 Å². The Labute approximate surface area is 79.9 Å². The van der Waals surface area contributed by atoms with Crippen molar-refractivity contribution in [2.24, 2.45) is 11.8 Å². The molecule has 1 atom stereocenters. The summed E-state index contributed by atoms with van der Waals surface area (Å²) in [7, 11) is 0. The quantitative estimate of drug-likeness (QED) is 0.665. The molecule has 0 heterocycles. The number of hydrogen-bond donors (Lipinski definition) is 0. The van der Waals surface area contributed by atoms with Gasteiger partial charge in [-0.25, -0.2) is 0 Å². The van der Waals surface area contributed by atoms with Gasteiger partial charge in [0.15, 0.2) is 0 Å². The van der Waals surface area contributed by atoms with Crippen LogP contribution < -0.4 is 0 Å². The number of nitrogens with zero attached hydrogens (tertiary/aromatic N) is 1. The Bertz CT molecular complexity index is 211. The minimum Gasteiger partial charge on any atom is -0.298 e. The van der Waals surface area contributed by atoms with Gasteiger partial charge < -0.3 is 0 Å². The Kier molecular flexibility index (Phi) is 3.95. The number of hydrogen-bond acceptors (Lipinski definition) is 2. The number of rotatable bonds is 4. The highest BCUT2D eigenvalue weighted by Gasteiger charge is 2.18. The number of carbonyl (C=O) groups is 1. The molecule has 0 bridgehead atoms. The summed E-state index contributed by atoms with van der Waals surface area (Å²) < 4.78 is 0. The van der Waals surface area contributed by atoms with Gasteiger partial charge in [0.2, 0.25) is 0 Å². The van der Waals surface area contributed by atoms with Crippen LogP contribution in [0.15, 0.2) is 0 Å².